The fourth-order valence-corrected chi connectivity index (χ4v) is 4.29. The van der Waals surface area contributed by atoms with Gasteiger partial charge in [-0.25, -0.2) is 0 Å². The fourth-order valence-electron chi connectivity index (χ4n) is 3.78. The zero-order chi connectivity index (χ0) is 16.3. The van der Waals surface area contributed by atoms with Gasteiger partial charge in [0, 0.05) is 0 Å². The number of rotatable bonds is 2. The van der Waals surface area contributed by atoms with Crippen molar-refractivity contribution in [1.82, 2.24) is 5.01 Å². The largest absolute Gasteiger partial charge is 0.505 e. The van der Waals surface area contributed by atoms with Crippen LogP contribution in [0.25, 0.3) is 0 Å². The van der Waals surface area contributed by atoms with E-state index in [2.05, 4.69) is 5.10 Å². The first-order valence-electron chi connectivity index (χ1n) is 7.25. The molecule has 1 saturated carbocycles. The van der Waals surface area contributed by atoms with E-state index < -0.39 is 0 Å². The molecular formula is C16H12Cl2N2O3. The van der Waals surface area contributed by atoms with Crippen LogP contribution in [0.2, 0.25) is 10.0 Å². The summed E-state index contributed by atoms with van der Waals surface area (Å²) in [5.74, 6) is -0.953. The summed E-state index contributed by atoms with van der Waals surface area (Å²) in [6.07, 6.45) is 6.30. The van der Waals surface area contributed by atoms with E-state index in [9.17, 15) is 14.7 Å². The number of imide groups is 1. The monoisotopic (exact) mass is 350 g/mol. The Balaban J connectivity index is 1.60. The minimum absolute atomic E-state index is 0.0807. The highest BCUT2D eigenvalue weighted by Gasteiger charge is 2.59. The first-order chi connectivity index (χ1) is 11.0. The van der Waals surface area contributed by atoms with Gasteiger partial charge in [0.05, 0.1) is 28.1 Å². The van der Waals surface area contributed by atoms with Crippen LogP contribution < -0.4 is 0 Å². The second-order valence-corrected chi connectivity index (χ2v) is 6.88. The van der Waals surface area contributed by atoms with Crippen LogP contribution in [0.15, 0.2) is 29.4 Å². The van der Waals surface area contributed by atoms with Crippen molar-refractivity contribution >= 4 is 41.2 Å². The molecule has 1 aliphatic heterocycles. The Bertz CT molecular complexity index is 737. The number of hydrogen-bond donors (Lipinski definition) is 1. The van der Waals surface area contributed by atoms with Crippen LogP contribution >= 0.6 is 23.2 Å². The summed E-state index contributed by atoms with van der Waals surface area (Å²) in [5, 5.41) is 14.7. The topological polar surface area (TPSA) is 70.0 Å². The number of hydrazone groups is 1. The van der Waals surface area contributed by atoms with Crippen LogP contribution in [0.3, 0.4) is 0 Å². The first kappa shape index (κ1) is 14.7. The Labute approximate surface area is 142 Å². The van der Waals surface area contributed by atoms with Crippen LogP contribution in [0.4, 0.5) is 0 Å². The first-order valence-corrected chi connectivity index (χ1v) is 8.01. The molecule has 1 heterocycles. The molecule has 1 saturated heterocycles. The van der Waals surface area contributed by atoms with Gasteiger partial charge in [-0.15, -0.1) is 0 Å². The number of halogens is 2. The van der Waals surface area contributed by atoms with Crippen molar-refractivity contribution in [3.05, 3.63) is 39.9 Å². The van der Waals surface area contributed by atoms with E-state index in [1.807, 2.05) is 12.2 Å². The van der Waals surface area contributed by atoms with Crippen LogP contribution in [-0.4, -0.2) is 28.1 Å². The van der Waals surface area contributed by atoms with Crippen molar-refractivity contribution in [2.24, 2.45) is 28.8 Å². The summed E-state index contributed by atoms with van der Waals surface area (Å²) in [5.41, 5.74) is 0.497. The van der Waals surface area contributed by atoms with Gasteiger partial charge in [-0.05, 0) is 36.0 Å². The zero-order valence-corrected chi connectivity index (χ0v) is 13.3. The molecule has 2 aliphatic carbocycles. The predicted molar refractivity (Wildman–Crippen MR) is 85.3 cm³/mol. The second kappa shape index (κ2) is 5.08. The average Bonchev–Trinajstić information content (AvgIpc) is 3.18. The molecule has 0 aromatic heterocycles. The molecule has 118 valence electrons. The van der Waals surface area contributed by atoms with E-state index in [0.29, 0.717) is 5.56 Å². The minimum Gasteiger partial charge on any atom is -0.505 e. The van der Waals surface area contributed by atoms with E-state index in [1.54, 1.807) is 0 Å². The predicted octanol–water partition coefficient (Wildman–Crippen LogP) is 2.84. The van der Waals surface area contributed by atoms with Gasteiger partial charge in [0.2, 0.25) is 0 Å². The van der Waals surface area contributed by atoms with Gasteiger partial charge < -0.3 is 5.11 Å². The maximum absolute atomic E-state index is 12.5. The number of amides is 2. The standard InChI is InChI=1S/C16H12Cl2N2O3/c17-10-3-7(4-11(18)14(10)21)6-19-20-15(22)12-8-1-2-9(5-8)13(12)16(20)23/h1-4,6,8-9,12-13,21H,5H2/b19-6+. The summed E-state index contributed by atoms with van der Waals surface area (Å²) in [4.78, 5) is 24.9. The lowest BCUT2D eigenvalue weighted by atomic mass is 9.85. The number of carbonyl (C=O) groups excluding carboxylic acids is 2. The molecule has 1 aromatic rings. The Morgan fingerprint density at radius 2 is 1.61 bits per heavy atom. The average molecular weight is 351 g/mol. The number of phenolic OH excluding ortho intramolecular Hbond substituents is 1. The van der Waals surface area contributed by atoms with Crippen LogP contribution in [-0.2, 0) is 9.59 Å². The van der Waals surface area contributed by atoms with Gasteiger partial charge in [-0.3, -0.25) is 9.59 Å². The molecule has 5 nitrogen and oxygen atoms in total. The van der Waals surface area contributed by atoms with E-state index in [0.717, 1.165) is 11.4 Å². The minimum atomic E-state index is -0.276. The number of nitrogens with zero attached hydrogens (tertiary/aromatic N) is 2. The quantitative estimate of drug-likeness (QED) is 0.506. The molecule has 0 spiro atoms. The van der Waals surface area contributed by atoms with Crippen molar-refractivity contribution in [2.45, 2.75) is 6.42 Å². The number of allylic oxidation sites excluding steroid dienone is 2. The van der Waals surface area contributed by atoms with Gasteiger partial charge >= 0.3 is 0 Å². The maximum atomic E-state index is 12.5. The molecular weight excluding hydrogens is 339 g/mol. The summed E-state index contributed by atoms with van der Waals surface area (Å²) < 4.78 is 0. The normalized spacial score (nSPS) is 31.7. The Morgan fingerprint density at radius 1 is 1.09 bits per heavy atom. The highest BCUT2D eigenvalue weighted by Crippen LogP contribution is 2.52. The number of carbonyl (C=O) groups is 2. The third-order valence-electron chi connectivity index (χ3n) is 4.81. The molecule has 23 heavy (non-hydrogen) atoms. The molecule has 2 fully saturated rings. The summed E-state index contributed by atoms with van der Waals surface area (Å²) in [6, 6.07) is 2.92. The molecule has 7 heteroatoms. The van der Waals surface area contributed by atoms with Crippen molar-refractivity contribution in [2.75, 3.05) is 0 Å². The third-order valence-corrected chi connectivity index (χ3v) is 5.38. The Morgan fingerprint density at radius 3 is 2.13 bits per heavy atom. The lowest BCUT2D eigenvalue weighted by Crippen LogP contribution is -2.28. The fraction of sp³-hybridized carbons (Fsp3) is 0.312. The number of benzene rings is 1. The second-order valence-electron chi connectivity index (χ2n) is 6.07. The van der Waals surface area contributed by atoms with E-state index >= 15 is 0 Å². The summed E-state index contributed by atoms with van der Waals surface area (Å²) in [7, 11) is 0. The molecule has 1 N–H and O–H groups in total. The highest BCUT2D eigenvalue weighted by atomic mass is 35.5. The van der Waals surface area contributed by atoms with Gasteiger partial charge in [0.1, 0.15) is 0 Å². The molecule has 2 amide bonds. The highest BCUT2D eigenvalue weighted by molar-refractivity contribution is 6.37. The molecule has 2 bridgehead atoms. The Hall–Kier alpha value is -1.85. The van der Waals surface area contributed by atoms with Gasteiger partial charge in [-0.1, -0.05) is 35.4 Å². The van der Waals surface area contributed by atoms with E-state index in [4.69, 9.17) is 23.2 Å². The summed E-state index contributed by atoms with van der Waals surface area (Å²) in [6.45, 7) is 0. The maximum Gasteiger partial charge on any atom is 0.254 e. The van der Waals surface area contributed by atoms with Crippen molar-refractivity contribution in [3.63, 3.8) is 0 Å². The summed E-state index contributed by atoms with van der Waals surface area (Å²) >= 11 is 11.7. The van der Waals surface area contributed by atoms with Gasteiger partial charge in [0.25, 0.3) is 11.8 Å². The number of hydrogen-bond acceptors (Lipinski definition) is 4. The third kappa shape index (κ3) is 2.11. The SMILES string of the molecule is O=C1C2C3C=CC(C3)C2C(=O)N1/N=C/c1cc(Cl)c(O)c(Cl)c1. The smallest absolute Gasteiger partial charge is 0.254 e. The van der Waals surface area contributed by atoms with Crippen molar-refractivity contribution < 1.29 is 14.7 Å². The van der Waals surface area contributed by atoms with E-state index in [-0.39, 0.29) is 51.3 Å². The molecule has 3 aliphatic rings. The lowest BCUT2D eigenvalue weighted by Gasteiger charge is -2.13. The van der Waals surface area contributed by atoms with Crippen LogP contribution in [0, 0.1) is 23.7 Å². The van der Waals surface area contributed by atoms with Gasteiger partial charge in [-0.2, -0.15) is 10.1 Å². The zero-order valence-electron chi connectivity index (χ0n) is 11.8. The van der Waals surface area contributed by atoms with E-state index in [1.165, 1.54) is 18.3 Å². The van der Waals surface area contributed by atoms with Gasteiger partial charge in [0.15, 0.2) is 5.75 Å². The number of phenols is 1. The van der Waals surface area contributed by atoms with Crippen molar-refractivity contribution in [1.29, 1.82) is 0 Å². The van der Waals surface area contributed by atoms with Crippen LogP contribution in [0.5, 0.6) is 5.75 Å². The molecule has 4 rings (SSSR count). The van der Waals surface area contributed by atoms with Crippen LogP contribution in [0.1, 0.15) is 12.0 Å². The number of fused-ring (bicyclic) bond motifs is 5. The number of aromatic hydroxyl groups is 1. The van der Waals surface area contributed by atoms with Crippen molar-refractivity contribution in [3.8, 4) is 5.75 Å². The lowest BCUT2D eigenvalue weighted by molar-refractivity contribution is -0.140. The molecule has 0 radical (unpaired) electrons. The molecule has 4 atom stereocenters. The molecule has 1 aromatic carbocycles. The Kier molecular flexibility index (Phi) is 3.25. The molecule has 4 unspecified atom stereocenters.